The summed E-state index contributed by atoms with van der Waals surface area (Å²) in [4.78, 5) is 0. The molecule has 3 aromatic rings. The van der Waals surface area contributed by atoms with Gasteiger partial charge >= 0.3 is 0 Å². The van der Waals surface area contributed by atoms with Crippen molar-refractivity contribution in [3.05, 3.63) is 127 Å². The van der Waals surface area contributed by atoms with Gasteiger partial charge in [0.15, 0.2) is 0 Å². The largest absolute Gasteiger partial charge is 0.0985 e. The molecule has 0 spiro atoms. The molecule has 0 saturated carbocycles. The van der Waals surface area contributed by atoms with Crippen molar-refractivity contribution >= 4 is 18.2 Å². The monoisotopic (exact) mass is 326 g/mol. The summed E-state index contributed by atoms with van der Waals surface area (Å²) in [7, 11) is 0. The van der Waals surface area contributed by atoms with Crippen molar-refractivity contribution in [2.45, 2.75) is 6.92 Å². The van der Waals surface area contributed by atoms with Crippen molar-refractivity contribution in [3.8, 4) is 0 Å². The van der Waals surface area contributed by atoms with E-state index in [1.165, 1.54) is 16.7 Å². The zero-order chi connectivity index (χ0) is 18.2. The zero-order valence-electron chi connectivity index (χ0n) is 14.9. The van der Waals surface area contributed by atoms with Crippen LogP contribution in [0.25, 0.3) is 18.2 Å². The van der Waals surface area contributed by atoms with Crippen LogP contribution in [-0.4, -0.2) is 0 Å². The van der Waals surface area contributed by atoms with E-state index in [2.05, 4.69) is 31.4 Å². The first-order chi connectivity index (χ1) is 12.3. The van der Waals surface area contributed by atoms with Gasteiger partial charge in [-0.3, -0.25) is 0 Å². The fourth-order valence-corrected chi connectivity index (χ4v) is 1.93. The van der Waals surface area contributed by atoms with Crippen LogP contribution < -0.4 is 0 Å². The molecule has 0 aliphatic heterocycles. The number of benzene rings is 3. The second-order valence-electron chi connectivity index (χ2n) is 5.14. The summed E-state index contributed by atoms with van der Waals surface area (Å²) < 4.78 is 0. The Morgan fingerprint density at radius 1 is 0.520 bits per heavy atom. The number of hydrogen-bond acceptors (Lipinski definition) is 0. The van der Waals surface area contributed by atoms with E-state index in [4.69, 9.17) is 0 Å². The summed E-state index contributed by atoms with van der Waals surface area (Å²) in [5, 5.41) is 0. The topological polar surface area (TPSA) is 0 Å². The summed E-state index contributed by atoms with van der Waals surface area (Å²) in [6, 6.07) is 30.3. The summed E-state index contributed by atoms with van der Waals surface area (Å²) in [5.74, 6) is 0. The van der Waals surface area contributed by atoms with Crippen LogP contribution in [0.15, 0.2) is 110 Å². The fourth-order valence-electron chi connectivity index (χ4n) is 1.93. The minimum atomic E-state index is 1.17. The highest BCUT2D eigenvalue weighted by Crippen LogP contribution is 1.99. The molecule has 0 heterocycles. The Hall–Kier alpha value is -3.12. The van der Waals surface area contributed by atoms with Crippen molar-refractivity contribution in [3.63, 3.8) is 0 Å². The van der Waals surface area contributed by atoms with E-state index in [1.54, 1.807) is 0 Å². The highest BCUT2D eigenvalue weighted by Gasteiger charge is 1.78. The van der Waals surface area contributed by atoms with Gasteiger partial charge in [0.2, 0.25) is 0 Å². The van der Waals surface area contributed by atoms with Gasteiger partial charge in [-0.1, -0.05) is 128 Å². The Morgan fingerprint density at radius 2 is 0.840 bits per heavy atom. The molecule has 0 nitrogen and oxygen atoms in total. The first kappa shape index (κ1) is 19.9. The zero-order valence-corrected chi connectivity index (χ0v) is 14.9. The van der Waals surface area contributed by atoms with Gasteiger partial charge in [-0.15, -0.1) is 0 Å². The average molecular weight is 326 g/mol. The van der Waals surface area contributed by atoms with E-state index in [0.29, 0.717) is 0 Å². The van der Waals surface area contributed by atoms with Gasteiger partial charge in [0.05, 0.1) is 0 Å². The van der Waals surface area contributed by atoms with Gasteiger partial charge in [-0.05, 0) is 23.6 Å². The summed E-state index contributed by atoms with van der Waals surface area (Å²) in [6.07, 6.45) is 7.79. The molecule has 126 valence electrons. The second-order valence-corrected chi connectivity index (χ2v) is 5.14. The Kier molecular flexibility index (Phi) is 10.6. The van der Waals surface area contributed by atoms with Crippen LogP contribution in [0.2, 0.25) is 0 Å². The molecule has 25 heavy (non-hydrogen) atoms. The molecule has 0 aliphatic carbocycles. The smallest absolute Gasteiger partial charge is 0.0260 e. The van der Waals surface area contributed by atoms with Crippen LogP contribution >= 0.6 is 0 Å². The standard InChI is InChI=1S/C9H10.2C8H8/c1-2-6-9-7-4-3-5-8-9;2*1-2-8-6-4-3-5-7-8/h2-8H,1H3;2*2-7H,1H2. The maximum atomic E-state index is 3.63. The van der Waals surface area contributed by atoms with Gasteiger partial charge in [0.1, 0.15) is 0 Å². The van der Waals surface area contributed by atoms with Crippen molar-refractivity contribution in [1.29, 1.82) is 0 Å². The van der Waals surface area contributed by atoms with Gasteiger partial charge in [0.25, 0.3) is 0 Å². The van der Waals surface area contributed by atoms with E-state index in [-0.39, 0.29) is 0 Å². The van der Waals surface area contributed by atoms with E-state index in [9.17, 15) is 0 Å². The molecule has 3 rings (SSSR count). The molecule has 0 N–H and O–H groups in total. The molecule has 0 bridgehead atoms. The van der Waals surface area contributed by atoms with Gasteiger partial charge in [0, 0.05) is 0 Å². The minimum absolute atomic E-state index is 1.17. The molecular weight excluding hydrogens is 300 g/mol. The van der Waals surface area contributed by atoms with Gasteiger partial charge in [-0.25, -0.2) is 0 Å². The molecular formula is C25H26. The van der Waals surface area contributed by atoms with Crippen molar-refractivity contribution in [1.82, 2.24) is 0 Å². The summed E-state index contributed by atoms with van der Waals surface area (Å²) >= 11 is 0. The van der Waals surface area contributed by atoms with Crippen LogP contribution in [0, 0.1) is 0 Å². The Labute approximate surface area is 152 Å². The Bertz CT molecular complexity index is 679. The highest BCUT2D eigenvalue weighted by molar-refractivity contribution is 5.48. The second kappa shape index (κ2) is 13.3. The third kappa shape index (κ3) is 9.58. The van der Waals surface area contributed by atoms with Crippen molar-refractivity contribution < 1.29 is 0 Å². The number of allylic oxidation sites excluding steroid dienone is 1. The fraction of sp³-hybridized carbons (Fsp3) is 0.0400. The minimum Gasteiger partial charge on any atom is -0.0985 e. The third-order valence-corrected chi connectivity index (χ3v) is 3.23. The molecule has 3 aromatic carbocycles. The number of hydrogen-bond donors (Lipinski definition) is 0. The molecule has 0 fully saturated rings. The normalized spacial score (nSPS) is 9.16. The third-order valence-electron chi connectivity index (χ3n) is 3.23. The van der Waals surface area contributed by atoms with Crippen LogP contribution in [0.3, 0.4) is 0 Å². The van der Waals surface area contributed by atoms with Gasteiger partial charge < -0.3 is 0 Å². The molecule has 0 radical (unpaired) electrons. The molecule has 0 aromatic heterocycles. The first-order valence-corrected chi connectivity index (χ1v) is 8.33. The number of rotatable bonds is 3. The maximum Gasteiger partial charge on any atom is -0.0260 e. The SMILES string of the molecule is C=Cc1ccccc1.C=Cc1ccccc1.CC=Cc1ccccc1. The van der Waals surface area contributed by atoms with Crippen molar-refractivity contribution in [2.24, 2.45) is 0 Å². The van der Waals surface area contributed by atoms with Gasteiger partial charge in [-0.2, -0.15) is 0 Å². The van der Waals surface area contributed by atoms with E-state index in [1.807, 2.05) is 104 Å². The van der Waals surface area contributed by atoms with E-state index >= 15 is 0 Å². The lowest BCUT2D eigenvalue weighted by atomic mass is 10.2. The molecule has 0 atom stereocenters. The molecule has 0 amide bonds. The molecule has 0 saturated heterocycles. The lowest BCUT2D eigenvalue weighted by molar-refractivity contribution is 1.64. The quantitative estimate of drug-likeness (QED) is 0.471. The molecule has 0 heteroatoms. The average Bonchev–Trinajstić information content (AvgIpc) is 2.71. The highest BCUT2D eigenvalue weighted by atomic mass is 13.8. The maximum absolute atomic E-state index is 3.63. The lowest BCUT2D eigenvalue weighted by Gasteiger charge is -1.86. The van der Waals surface area contributed by atoms with Crippen LogP contribution in [0.5, 0.6) is 0 Å². The predicted molar refractivity (Wildman–Crippen MR) is 114 cm³/mol. The Balaban J connectivity index is 0.000000188. The van der Waals surface area contributed by atoms with E-state index < -0.39 is 0 Å². The molecule has 0 unspecified atom stereocenters. The van der Waals surface area contributed by atoms with Crippen LogP contribution in [0.1, 0.15) is 23.6 Å². The predicted octanol–water partition coefficient (Wildman–Crippen LogP) is 7.38. The first-order valence-electron chi connectivity index (χ1n) is 8.33. The Morgan fingerprint density at radius 3 is 1.08 bits per heavy atom. The van der Waals surface area contributed by atoms with Crippen LogP contribution in [0.4, 0.5) is 0 Å². The van der Waals surface area contributed by atoms with E-state index in [0.717, 1.165) is 0 Å². The summed E-state index contributed by atoms with van der Waals surface area (Å²) in [5.41, 5.74) is 3.61. The van der Waals surface area contributed by atoms with Crippen molar-refractivity contribution in [2.75, 3.05) is 0 Å². The lowest BCUT2D eigenvalue weighted by Crippen LogP contribution is -1.65. The van der Waals surface area contributed by atoms with Crippen LogP contribution in [-0.2, 0) is 0 Å². The molecule has 0 aliphatic rings. The summed E-state index contributed by atoms with van der Waals surface area (Å²) in [6.45, 7) is 9.28.